The summed E-state index contributed by atoms with van der Waals surface area (Å²) in [5.41, 5.74) is 5.56. The zero-order chi connectivity index (χ0) is 28.0. The number of aromatic nitrogens is 4. The summed E-state index contributed by atoms with van der Waals surface area (Å²) >= 11 is 1.48. The number of benzene rings is 2. The molecule has 3 aromatic heterocycles. The molecular weight excluding hydrogens is 532 g/mol. The van der Waals surface area contributed by atoms with Crippen LogP contribution in [0.2, 0.25) is 0 Å². The van der Waals surface area contributed by atoms with E-state index in [4.69, 9.17) is 24.5 Å². The number of fused-ring (bicyclic) bond motifs is 4. The number of carbonyl (C=O) groups is 1. The quantitative estimate of drug-likeness (QED) is 0.311. The summed E-state index contributed by atoms with van der Waals surface area (Å²) in [6.45, 7) is 4.11. The Bertz CT molecular complexity index is 1830. The lowest BCUT2D eigenvalue weighted by atomic mass is 10.1. The van der Waals surface area contributed by atoms with Crippen LogP contribution in [0.5, 0.6) is 17.4 Å². The Labute approximate surface area is 232 Å². The second kappa shape index (κ2) is 9.94. The molecular formula is C28H22N6O5S. The Kier molecular flexibility index (Phi) is 6.28. The average Bonchev–Trinajstić information content (AvgIpc) is 3.41. The van der Waals surface area contributed by atoms with Crippen LogP contribution in [0.3, 0.4) is 0 Å². The normalized spacial score (nSPS) is 14.2. The van der Waals surface area contributed by atoms with Crippen molar-refractivity contribution in [2.75, 3.05) is 25.2 Å². The summed E-state index contributed by atoms with van der Waals surface area (Å²) in [6.07, 6.45) is 1.22. The third kappa shape index (κ3) is 4.46. The zero-order valence-corrected chi connectivity index (χ0v) is 22.5. The molecule has 4 heterocycles. The smallest absolute Gasteiger partial charge is 0.411 e. The molecule has 0 saturated heterocycles. The highest BCUT2D eigenvalue weighted by Crippen LogP contribution is 2.46. The fourth-order valence-corrected chi connectivity index (χ4v) is 5.77. The van der Waals surface area contributed by atoms with Gasteiger partial charge in [0.25, 0.3) is 0 Å². The lowest BCUT2D eigenvalue weighted by molar-refractivity contribution is 0.0961. The van der Waals surface area contributed by atoms with E-state index in [0.717, 1.165) is 47.8 Å². The Morgan fingerprint density at radius 3 is 2.77 bits per heavy atom. The fraction of sp³-hybridized carbons (Fsp3) is 0.214. The van der Waals surface area contributed by atoms with E-state index in [1.54, 1.807) is 19.4 Å². The van der Waals surface area contributed by atoms with E-state index in [0.29, 0.717) is 23.1 Å². The summed E-state index contributed by atoms with van der Waals surface area (Å²) < 4.78 is 18.5. The summed E-state index contributed by atoms with van der Waals surface area (Å²) in [5, 5.41) is 19.6. The number of ether oxygens (including phenoxy) is 3. The second-order valence-corrected chi connectivity index (χ2v) is 10.3. The van der Waals surface area contributed by atoms with Gasteiger partial charge in [-0.1, -0.05) is 0 Å². The maximum Gasteiger partial charge on any atom is 0.411 e. The molecule has 6 rings (SSSR count). The first kappa shape index (κ1) is 25.3. The molecule has 12 heteroatoms. The predicted octanol–water partition coefficient (Wildman–Crippen LogP) is 5.12. The van der Waals surface area contributed by atoms with E-state index in [1.165, 1.54) is 23.6 Å². The number of rotatable bonds is 5. The van der Waals surface area contributed by atoms with Crippen LogP contribution >= 0.6 is 11.3 Å². The highest BCUT2D eigenvalue weighted by atomic mass is 32.1. The molecule has 5 aromatic rings. The van der Waals surface area contributed by atoms with E-state index in [1.807, 2.05) is 38.1 Å². The molecule has 0 saturated carbocycles. The molecule has 0 bridgehead atoms. The minimum Gasteiger partial charge on any atom is -0.484 e. The molecule has 0 radical (unpaired) electrons. The lowest BCUT2D eigenvalue weighted by Gasteiger charge is -2.30. The molecule has 0 unspecified atom stereocenters. The number of aryl methyl sites for hydroxylation is 2. The topological polar surface area (TPSA) is 144 Å². The highest BCUT2D eigenvalue weighted by molar-refractivity contribution is 7.22. The number of nitriles is 1. The number of thiazole rings is 1. The van der Waals surface area contributed by atoms with Crippen molar-refractivity contribution in [3.05, 3.63) is 59.5 Å². The van der Waals surface area contributed by atoms with E-state index >= 15 is 0 Å². The molecule has 1 atom stereocenters. The number of hydrogen-bond donors (Lipinski definition) is 1. The van der Waals surface area contributed by atoms with E-state index in [9.17, 15) is 9.90 Å². The van der Waals surface area contributed by atoms with Crippen LogP contribution in [0.4, 0.5) is 10.5 Å². The van der Waals surface area contributed by atoms with Gasteiger partial charge in [0.05, 0.1) is 48.3 Å². The minimum atomic E-state index is -1.16. The molecule has 1 N–H and O–H groups in total. The highest BCUT2D eigenvalue weighted by Gasteiger charge is 2.30. The number of amides is 1. The Hall–Kier alpha value is -5.02. The molecule has 2 aromatic carbocycles. The van der Waals surface area contributed by atoms with Gasteiger partial charge in [-0.15, -0.1) is 11.3 Å². The lowest BCUT2D eigenvalue weighted by Crippen LogP contribution is -2.43. The number of anilines is 1. The standard InChI is InChI=1S/C28H22N6O5S/c1-14-6-19(24-20(7-14)32-22(37-3)11-31-24)27-33-23-15(2)8-21-25(26(23)40-27)38-13-18(39-21)12-34(28(35)36)17-5-4-16(9-29)30-10-17/h4-8,10-11,18H,12-13H2,1-3H3,(H,35,36)/t18-/m1/s1. The van der Waals surface area contributed by atoms with Crippen molar-refractivity contribution in [3.63, 3.8) is 0 Å². The number of pyridine rings is 1. The Morgan fingerprint density at radius 2 is 2.05 bits per heavy atom. The van der Waals surface area contributed by atoms with Crippen LogP contribution in [0, 0.1) is 25.2 Å². The Balaban J connectivity index is 1.33. The number of carboxylic acid groups (broad SMARTS) is 1. The van der Waals surface area contributed by atoms with Gasteiger partial charge in [0.1, 0.15) is 28.1 Å². The summed E-state index contributed by atoms with van der Waals surface area (Å²) in [5.74, 6) is 1.54. The molecule has 1 aliphatic heterocycles. The molecule has 0 fully saturated rings. The Morgan fingerprint density at radius 1 is 1.20 bits per heavy atom. The van der Waals surface area contributed by atoms with Gasteiger partial charge in [0.15, 0.2) is 17.6 Å². The van der Waals surface area contributed by atoms with Gasteiger partial charge in [-0.3, -0.25) is 4.90 Å². The third-order valence-electron chi connectivity index (χ3n) is 6.49. The van der Waals surface area contributed by atoms with Gasteiger partial charge in [-0.2, -0.15) is 5.26 Å². The first-order chi connectivity index (χ1) is 19.3. The maximum atomic E-state index is 12.0. The van der Waals surface area contributed by atoms with Crippen molar-refractivity contribution in [1.82, 2.24) is 19.9 Å². The van der Waals surface area contributed by atoms with Gasteiger partial charge in [-0.25, -0.2) is 24.7 Å². The predicted molar refractivity (Wildman–Crippen MR) is 148 cm³/mol. The van der Waals surface area contributed by atoms with Crippen molar-refractivity contribution in [2.45, 2.75) is 20.0 Å². The number of nitrogens with zero attached hydrogens (tertiary/aromatic N) is 6. The van der Waals surface area contributed by atoms with E-state index in [2.05, 4.69) is 15.0 Å². The van der Waals surface area contributed by atoms with Crippen molar-refractivity contribution in [2.24, 2.45) is 0 Å². The van der Waals surface area contributed by atoms with Gasteiger partial charge in [0.2, 0.25) is 5.88 Å². The molecule has 200 valence electrons. The third-order valence-corrected chi connectivity index (χ3v) is 7.57. The molecule has 1 aliphatic rings. The van der Waals surface area contributed by atoms with Gasteiger partial charge < -0.3 is 19.3 Å². The minimum absolute atomic E-state index is 0.0186. The van der Waals surface area contributed by atoms with Crippen LogP contribution in [0.1, 0.15) is 16.8 Å². The molecule has 11 nitrogen and oxygen atoms in total. The van der Waals surface area contributed by atoms with Gasteiger partial charge in [0, 0.05) is 5.56 Å². The molecule has 40 heavy (non-hydrogen) atoms. The second-order valence-electron chi connectivity index (χ2n) is 9.27. The maximum absolute atomic E-state index is 12.0. The monoisotopic (exact) mass is 554 g/mol. The molecule has 0 spiro atoms. The van der Waals surface area contributed by atoms with Gasteiger partial charge in [-0.05, 0) is 55.3 Å². The number of hydrogen-bond acceptors (Lipinski definition) is 10. The van der Waals surface area contributed by atoms with Crippen molar-refractivity contribution >= 4 is 44.4 Å². The SMILES string of the molecule is COc1cnc2c(-c3nc4c(C)cc5c(c4s3)OC[C@@H](CN(C(=O)O)c3ccc(C#N)nc3)O5)cc(C)cc2n1. The van der Waals surface area contributed by atoms with Crippen LogP contribution in [0.25, 0.3) is 31.8 Å². The van der Waals surface area contributed by atoms with Crippen LogP contribution in [-0.4, -0.2) is 57.5 Å². The van der Waals surface area contributed by atoms with Crippen LogP contribution in [0.15, 0.2) is 42.7 Å². The summed E-state index contributed by atoms with van der Waals surface area (Å²) in [4.78, 5) is 31.2. The fourth-order valence-electron chi connectivity index (χ4n) is 4.62. The van der Waals surface area contributed by atoms with Crippen LogP contribution < -0.4 is 19.1 Å². The summed E-state index contributed by atoms with van der Waals surface area (Å²) in [6, 6.07) is 10.8. The van der Waals surface area contributed by atoms with Crippen molar-refractivity contribution in [1.29, 1.82) is 5.26 Å². The largest absolute Gasteiger partial charge is 0.484 e. The first-order valence-corrected chi connectivity index (χ1v) is 13.1. The first-order valence-electron chi connectivity index (χ1n) is 12.3. The van der Waals surface area contributed by atoms with Crippen molar-refractivity contribution < 1.29 is 24.1 Å². The molecule has 0 aliphatic carbocycles. The summed E-state index contributed by atoms with van der Waals surface area (Å²) in [7, 11) is 1.56. The van der Waals surface area contributed by atoms with Crippen molar-refractivity contribution in [3.8, 4) is 34.0 Å². The van der Waals surface area contributed by atoms with Crippen LogP contribution in [-0.2, 0) is 0 Å². The zero-order valence-electron chi connectivity index (χ0n) is 21.7. The van der Waals surface area contributed by atoms with Gasteiger partial charge >= 0.3 is 6.09 Å². The average molecular weight is 555 g/mol. The number of methoxy groups -OCH3 is 1. The van der Waals surface area contributed by atoms with E-state index < -0.39 is 12.2 Å². The van der Waals surface area contributed by atoms with E-state index in [-0.39, 0.29) is 18.8 Å². The molecule has 1 amide bonds.